The Balaban J connectivity index is 2.18. The summed E-state index contributed by atoms with van der Waals surface area (Å²) >= 11 is 6.69. The lowest BCUT2D eigenvalue weighted by molar-refractivity contribution is -0.122. The van der Waals surface area contributed by atoms with Crippen LogP contribution in [0.4, 0.5) is 0 Å². The first-order valence-electron chi connectivity index (χ1n) is 6.85. The molecule has 0 spiro atoms. The van der Waals surface area contributed by atoms with Crippen molar-refractivity contribution in [2.45, 2.75) is 27.2 Å². The summed E-state index contributed by atoms with van der Waals surface area (Å²) in [4.78, 5) is 14.8. The predicted molar refractivity (Wildman–Crippen MR) is 90.5 cm³/mol. The first-order valence-corrected chi connectivity index (χ1v) is 8.08. The van der Waals surface area contributed by atoms with Crippen LogP contribution in [0.15, 0.2) is 29.2 Å². The van der Waals surface area contributed by atoms with Gasteiger partial charge in [-0.1, -0.05) is 69.0 Å². The molecule has 4 heteroatoms. The zero-order chi connectivity index (χ0) is 14.7. The standard InChI is InChI=1S/C16H19NOS2/c1-4-12-5-7-13(8-6-12)9-14-15(18)17(10-11(2)3)16(19)20-14/h5-9,11H,4,10H2,1-3H3. The molecule has 1 aromatic rings. The zero-order valence-electron chi connectivity index (χ0n) is 12.1. The third kappa shape index (κ3) is 3.49. The molecule has 0 N–H and O–H groups in total. The molecule has 1 saturated heterocycles. The van der Waals surface area contributed by atoms with E-state index in [9.17, 15) is 4.79 Å². The molecule has 1 amide bonds. The first kappa shape index (κ1) is 15.3. The predicted octanol–water partition coefficient (Wildman–Crippen LogP) is 4.11. The first-order chi connectivity index (χ1) is 9.51. The van der Waals surface area contributed by atoms with Crippen LogP contribution in [0.25, 0.3) is 6.08 Å². The van der Waals surface area contributed by atoms with E-state index in [0.29, 0.717) is 16.8 Å². The van der Waals surface area contributed by atoms with Gasteiger partial charge in [-0.25, -0.2) is 0 Å². The fraction of sp³-hybridized carbons (Fsp3) is 0.375. The maximum atomic E-state index is 12.3. The second-order valence-electron chi connectivity index (χ2n) is 5.28. The van der Waals surface area contributed by atoms with Crippen LogP contribution in [0.1, 0.15) is 31.9 Å². The van der Waals surface area contributed by atoms with Crippen LogP contribution in [0.3, 0.4) is 0 Å². The van der Waals surface area contributed by atoms with Crippen molar-refractivity contribution in [2.75, 3.05) is 6.54 Å². The summed E-state index contributed by atoms with van der Waals surface area (Å²) < 4.78 is 0.667. The summed E-state index contributed by atoms with van der Waals surface area (Å²) in [6, 6.07) is 8.29. The molecule has 2 nitrogen and oxygen atoms in total. The molecule has 1 aliphatic rings. The largest absolute Gasteiger partial charge is 0.293 e. The average molecular weight is 305 g/mol. The number of thiocarbonyl (C=S) groups is 1. The molecule has 0 unspecified atom stereocenters. The highest BCUT2D eigenvalue weighted by Crippen LogP contribution is 2.33. The molecule has 1 aromatic carbocycles. The van der Waals surface area contributed by atoms with Gasteiger partial charge in [-0.3, -0.25) is 9.69 Å². The van der Waals surface area contributed by atoms with E-state index in [1.165, 1.54) is 17.3 Å². The summed E-state index contributed by atoms with van der Waals surface area (Å²) in [6.45, 7) is 7.00. The third-order valence-corrected chi connectivity index (χ3v) is 4.48. The van der Waals surface area contributed by atoms with Gasteiger partial charge in [-0.15, -0.1) is 0 Å². The number of amides is 1. The zero-order valence-corrected chi connectivity index (χ0v) is 13.7. The highest BCUT2D eigenvalue weighted by Gasteiger charge is 2.32. The number of carbonyl (C=O) groups is 1. The van der Waals surface area contributed by atoms with E-state index < -0.39 is 0 Å². The molecule has 0 saturated carbocycles. The minimum Gasteiger partial charge on any atom is -0.293 e. The molecule has 0 atom stereocenters. The Morgan fingerprint density at radius 2 is 1.95 bits per heavy atom. The Morgan fingerprint density at radius 3 is 2.50 bits per heavy atom. The molecular weight excluding hydrogens is 286 g/mol. The number of hydrogen-bond acceptors (Lipinski definition) is 3. The van der Waals surface area contributed by atoms with Gasteiger partial charge in [0.2, 0.25) is 0 Å². The van der Waals surface area contributed by atoms with E-state index in [0.717, 1.165) is 16.9 Å². The van der Waals surface area contributed by atoms with Gasteiger partial charge in [-0.2, -0.15) is 0 Å². The maximum Gasteiger partial charge on any atom is 0.266 e. The SMILES string of the molecule is CCc1ccc(C=C2SC(=S)N(CC(C)C)C2=O)cc1. The highest BCUT2D eigenvalue weighted by atomic mass is 32.2. The lowest BCUT2D eigenvalue weighted by atomic mass is 10.1. The molecule has 1 heterocycles. The quantitative estimate of drug-likeness (QED) is 0.617. The Hall–Kier alpha value is -1.13. The van der Waals surface area contributed by atoms with E-state index in [2.05, 4.69) is 32.9 Å². The summed E-state index contributed by atoms with van der Waals surface area (Å²) in [7, 11) is 0. The monoisotopic (exact) mass is 305 g/mol. The second-order valence-corrected chi connectivity index (χ2v) is 6.96. The fourth-order valence-corrected chi connectivity index (χ4v) is 3.30. The Bertz CT molecular complexity index is 546. The number of hydrogen-bond donors (Lipinski definition) is 0. The van der Waals surface area contributed by atoms with Gasteiger partial charge >= 0.3 is 0 Å². The molecule has 1 aliphatic heterocycles. The number of aryl methyl sites for hydroxylation is 1. The van der Waals surface area contributed by atoms with E-state index in [1.807, 2.05) is 18.2 Å². The molecule has 20 heavy (non-hydrogen) atoms. The van der Waals surface area contributed by atoms with Gasteiger partial charge in [0.15, 0.2) is 0 Å². The number of carbonyl (C=O) groups excluding carboxylic acids is 1. The smallest absolute Gasteiger partial charge is 0.266 e. The minimum absolute atomic E-state index is 0.0354. The minimum atomic E-state index is 0.0354. The lowest BCUT2D eigenvalue weighted by Gasteiger charge is -2.16. The Labute approximate surface area is 130 Å². The fourth-order valence-electron chi connectivity index (χ4n) is 2.02. The van der Waals surface area contributed by atoms with Gasteiger partial charge in [-0.05, 0) is 29.5 Å². The molecule has 106 valence electrons. The van der Waals surface area contributed by atoms with Crippen molar-refractivity contribution in [3.8, 4) is 0 Å². The van der Waals surface area contributed by atoms with Crippen LogP contribution in [-0.4, -0.2) is 21.7 Å². The van der Waals surface area contributed by atoms with Crippen LogP contribution in [0, 0.1) is 5.92 Å². The summed E-state index contributed by atoms with van der Waals surface area (Å²) in [5.41, 5.74) is 2.35. The maximum absolute atomic E-state index is 12.3. The molecule has 2 rings (SSSR count). The van der Waals surface area contributed by atoms with Crippen molar-refractivity contribution in [2.24, 2.45) is 5.92 Å². The van der Waals surface area contributed by atoms with Gasteiger partial charge in [0.25, 0.3) is 5.91 Å². The van der Waals surface area contributed by atoms with Gasteiger partial charge < -0.3 is 0 Å². The molecule has 0 bridgehead atoms. The van der Waals surface area contributed by atoms with Crippen LogP contribution in [0.2, 0.25) is 0 Å². The Kier molecular flexibility index (Phi) is 5.00. The average Bonchev–Trinajstić information content (AvgIpc) is 2.67. The molecule has 0 aliphatic carbocycles. The topological polar surface area (TPSA) is 20.3 Å². The Morgan fingerprint density at radius 1 is 1.30 bits per heavy atom. The van der Waals surface area contributed by atoms with E-state index >= 15 is 0 Å². The van der Waals surface area contributed by atoms with Crippen molar-refractivity contribution in [3.63, 3.8) is 0 Å². The van der Waals surface area contributed by atoms with Crippen LogP contribution in [-0.2, 0) is 11.2 Å². The third-order valence-electron chi connectivity index (χ3n) is 3.11. The van der Waals surface area contributed by atoms with Gasteiger partial charge in [0, 0.05) is 6.54 Å². The number of nitrogens with zero attached hydrogens (tertiary/aromatic N) is 1. The van der Waals surface area contributed by atoms with E-state index in [1.54, 1.807) is 4.90 Å². The summed E-state index contributed by atoms with van der Waals surface area (Å²) in [5.74, 6) is 0.453. The number of thioether (sulfide) groups is 1. The van der Waals surface area contributed by atoms with E-state index in [4.69, 9.17) is 12.2 Å². The second kappa shape index (κ2) is 6.55. The molecular formula is C16H19NOS2. The van der Waals surface area contributed by atoms with Crippen LogP contribution >= 0.6 is 24.0 Å². The normalized spacial score (nSPS) is 17.6. The van der Waals surface area contributed by atoms with Crippen molar-refractivity contribution >= 4 is 40.3 Å². The van der Waals surface area contributed by atoms with Crippen molar-refractivity contribution < 1.29 is 4.79 Å². The van der Waals surface area contributed by atoms with Crippen molar-refractivity contribution in [3.05, 3.63) is 40.3 Å². The number of benzene rings is 1. The van der Waals surface area contributed by atoms with Crippen molar-refractivity contribution in [1.82, 2.24) is 4.90 Å². The molecule has 0 radical (unpaired) electrons. The summed E-state index contributed by atoms with van der Waals surface area (Å²) in [5, 5.41) is 0. The molecule has 1 fully saturated rings. The number of rotatable bonds is 4. The molecule has 0 aromatic heterocycles. The van der Waals surface area contributed by atoms with Gasteiger partial charge in [0.05, 0.1) is 4.91 Å². The highest BCUT2D eigenvalue weighted by molar-refractivity contribution is 8.26. The van der Waals surface area contributed by atoms with Crippen LogP contribution < -0.4 is 0 Å². The van der Waals surface area contributed by atoms with Crippen molar-refractivity contribution in [1.29, 1.82) is 0 Å². The van der Waals surface area contributed by atoms with E-state index in [-0.39, 0.29) is 5.91 Å². The van der Waals surface area contributed by atoms with Gasteiger partial charge in [0.1, 0.15) is 4.32 Å². The summed E-state index contributed by atoms with van der Waals surface area (Å²) in [6.07, 6.45) is 2.95. The van der Waals surface area contributed by atoms with Crippen LogP contribution in [0.5, 0.6) is 0 Å². The lowest BCUT2D eigenvalue weighted by Crippen LogP contribution is -2.31.